The van der Waals surface area contributed by atoms with Gasteiger partial charge in [0.2, 0.25) is 0 Å². The monoisotopic (exact) mass is 488 g/mol. The lowest BCUT2D eigenvalue weighted by Gasteiger charge is -2.48. The Balaban J connectivity index is 1.80. The molecule has 3 aliphatic heterocycles. The first kappa shape index (κ1) is 27.0. The van der Waals surface area contributed by atoms with Crippen LogP contribution in [0.2, 0.25) is 0 Å². The standard InChI is InChI=1S/C18H32O15/c1-4-14(32-17-11(25)9(23)7(21)5(2-19)30-17)15(13(27)16(28)29-4)33-18-12(26)10(24)8(22)6(3-20)31-18/h4-28H,2-3H2,1H3. The largest absolute Gasteiger partial charge is 0.394 e. The Kier molecular flexibility index (Phi) is 8.99. The van der Waals surface area contributed by atoms with Crippen LogP contribution in [0.15, 0.2) is 0 Å². The normalized spacial score (nSPS) is 53.7. The molecule has 10 N–H and O–H groups in total. The lowest BCUT2D eigenvalue weighted by molar-refractivity contribution is -0.380. The van der Waals surface area contributed by atoms with Crippen molar-refractivity contribution in [2.24, 2.45) is 0 Å². The predicted octanol–water partition coefficient (Wildman–Crippen LogP) is -6.55. The van der Waals surface area contributed by atoms with E-state index < -0.39 is 105 Å². The van der Waals surface area contributed by atoms with Gasteiger partial charge in [0.15, 0.2) is 18.9 Å². The third kappa shape index (κ3) is 5.32. The van der Waals surface area contributed by atoms with Crippen LogP contribution in [-0.2, 0) is 23.7 Å². The highest BCUT2D eigenvalue weighted by molar-refractivity contribution is 4.95. The summed E-state index contributed by atoms with van der Waals surface area (Å²) in [6.45, 7) is -0.0357. The molecule has 15 atom stereocenters. The van der Waals surface area contributed by atoms with Gasteiger partial charge < -0.3 is 74.7 Å². The topological polar surface area (TPSA) is 248 Å². The minimum absolute atomic E-state index is 0.715. The highest BCUT2D eigenvalue weighted by Gasteiger charge is 2.53. The van der Waals surface area contributed by atoms with Crippen molar-refractivity contribution in [3.05, 3.63) is 0 Å². The van der Waals surface area contributed by atoms with Gasteiger partial charge >= 0.3 is 0 Å². The molecule has 0 bridgehead atoms. The first-order valence-electron chi connectivity index (χ1n) is 10.4. The lowest BCUT2D eigenvalue weighted by Crippen LogP contribution is -2.66. The van der Waals surface area contributed by atoms with Crippen molar-refractivity contribution in [1.82, 2.24) is 0 Å². The van der Waals surface area contributed by atoms with Gasteiger partial charge in [0.1, 0.15) is 67.1 Å². The first-order valence-corrected chi connectivity index (χ1v) is 10.4. The van der Waals surface area contributed by atoms with Crippen molar-refractivity contribution in [3.63, 3.8) is 0 Å². The summed E-state index contributed by atoms with van der Waals surface area (Å²) in [6, 6.07) is 0. The molecule has 15 heteroatoms. The molecule has 15 unspecified atom stereocenters. The fourth-order valence-corrected chi connectivity index (χ4v) is 4.02. The highest BCUT2D eigenvalue weighted by atomic mass is 16.8. The van der Waals surface area contributed by atoms with Gasteiger partial charge in [0.05, 0.1) is 19.3 Å². The molecule has 0 aromatic heterocycles. The van der Waals surface area contributed by atoms with Crippen molar-refractivity contribution in [2.75, 3.05) is 13.2 Å². The average Bonchev–Trinajstić information content (AvgIpc) is 2.79. The van der Waals surface area contributed by atoms with Crippen molar-refractivity contribution in [3.8, 4) is 0 Å². The zero-order valence-corrected chi connectivity index (χ0v) is 17.6. The third-order valence-corrected chi connectivity index (χ3v) is 6.05. The van der Waals surface area contributed by atoms with E-state index in [4.69, 9.17) is 23.7 Å². The molecule has 0 amide bonds. The molecule has 194 valence electrons. The van der Waals surface area contributed by atoms with Crippen LogP contribution in [0, 0.1) is 0 Å². The Morgan fingerprint density at radius 1 is 0.545 bits per heavy atom. The van der Waals surface area contributed by atoms with E-state index in [1.54, 1.807) is 0 Å². The van der Waals surface area contributed by atoms with E-state index in [1.165, 1.54) is 6.92 Å². The molecule has 0 aromatic carbocycles. The Morgan fingerprint density at radius 3 is 1.39 bits per heavy atom. The van der Waals surface area contributed by atoms with E-state index in [-0.39, 0.29) is 0 Å². The molecule has 0 aromatic rings. The van der Waals surface area contributed by atoms with Crippen molar-refractivity contribution < 1.29 is 74.7 Å². The summed E-state index contributed by atoms with van der Waals surface area (Å²) in [5.41, 5.74) is 0. The van der Waals surface area contributed by atoms with Gasteiger partial charge in [-0.05, 0) is 6.92 Å². The summed E-state index contributed by atoms with van der Waals surface area (Å²) >= 11 is 0. The second-order valence-electron chi connectivity index (χ2n) is 8.32. The molecule has 0 aliphatic carbocycles. The summed E-state index contributed by atoms with van der Waals surface area (Å²) < 4.78 is 27.0. The fourth-order valence-electron chi connectivity index (χ4n) is 4.02. The second-order valence-corrected chi connectivity index (χ2v) is 8.32. The number of hydrogen-bond acceptors (Lipinski definition) is 15. The SMILES string of the molecule is CC1OC(O)C(O)C(OC2OC(CO)C(O)C(O)C2O)C1OC1OC(CO)C(O)C(O)C1O. The van der Waals surface area contributed by atoms with E-state index >= 15 is 0 Å². The van der Waals surface area contributed by atoms with Crippen LogP contribution in [0.25, 0.3) is 0 Å². The van der Waals surface area contributed by atoms with Gasteiger partial charge in [-0.25, -0.2) is 0 Å². The number of aliphatic hydroxyl groups excluding tert-OH is 10. The van der Waals surface area contributed by atoms with Crippen LogP contribution < -0.4 is 0 Å². The number of hydrogen-bond donors (Lipinski definition) is 10. The van der Waals surface area contributed by atoms with Crippen LogP contribution in [-0.4, -0.2) is 156 Å². The predicted molar refractivity (Wildman–Crippen MR) is 99.8 cm³/mol. The second kappa shape index (κ2) is 11.0. The maximum Gasteiger partial charge on any atom is 0.187 e. The molecule has 3 fully saturated rings. The van der Waals surface area contributed by atoms with E-state index in [0.29, 0.717) is 0 Å². The zero-order chi connectivity index (χ0) is 24.6. The minimum atomic E-state index is -1.82. The van der Waals surface area contributed by atoms with Crippen LogP contribution in [0.1, 0.15) is 6.92 Å². The molecule has 3 heterocycles. The molecule has 33 heavy (non-hydrogen) atoms. The van der Waals surface area contributed by atoms with Crippen molar-refractivity contribution in [1.29, 1.82) is 0 Å². The van der Waals surface area contributed by atoms with Crippen LogP contribution in [0.5, 0.6) is 0 Å². The molecule has 3 rings (SSSR count). The van der Waals surface area contributed by atoms with Crippen LogP contribution >= 0.6 is 0 Å². The minimum Gasteiger partial charge on any atom is -0.394 e. The van der Waals surface area contributed by atoms with Gasteiger partial charge in [-0.1, -0.05) is 0 Å². The first-order chi connectivity index (χ1) is 15.5. The number of ether oxygens (including phenoxy) is 5. The summed E-state index contributed by atoms with van der Waals surface area (Å²) in [6.07, 6.45) is -23.9. The van der Waals surface area contributed by atoms with Crippen molar-refractivity contribution >= 4 is 0 Å². The van der Waals surface area contributed by atoms with Gasteiger partial charge in [0, 0.05) is 0 Å². The molecule has 3 aliphatic rings. The van der Waals surface area contributed by atoms with E-state index in [2.05, 4.69) is 0 Å². The van der Waals surface area contributed by atoms with Crippen molar-refractivity contribution in [2.45, 2.75) is 99.0 Å². The quantitative estimate of drug-likeness (QED) is 0.167. The van der Waals surface area contributed by atoms with Gasteiger partial charge in [-0.15, -0.1) is 0 Å². The molecule has 3 saturated heterocycles. The maximum absolute atomic E-state index is 10.5. The Morgan fingerprint density at radius 2 is 0.970 bits per heavy atom. The summed E-state index contributed by atoms with van der Waals surface area (Å²) in [5, 5.41) is 99.4. The maximum atomic E-state index is 10.5. The van der Waals surface area contributed by atoms with E-state index in [9.17, 15) is 51.1 Å². The lowest BCUT2D eigenvalue weighted by atomic mass is 9.96. The summed E-state index contributed by atoms with van der Waals surface area (Å²) in [7, 11) is 0. The van der Waals surface area contributed by atoms with E-state index in [1.807, 2.05) is 0 Å². The molecule has 0 radical (unpaired) electrons. The van der Waals surface area contributed by atoms with Gasteiger partial charge in [-0.2, -0.15) is 0 Å². The average molecular weight is 488 g/mol. The Bertz CT molecular complexity index is 622. The Hall–Kier alpha value is -0.600. The summed E-state index contributed by atoms with van der Waals surface area (Å²) in [4.78, 5) is 0. The van der Waals surface area contributed by atoms with Gasteiger partial charge in [0.25, 0.3) is 0 Å². The van der Waals surface area contributed by atoms with Gasteiger partial charge in [-0.3, -0.25) is 0 Å². The molecular formula is C18H32O15. The highest BCUT2D eigenvalue weighted by Crippen LogP contribution is 2.32. The molecular weight excluding hydrogens is 456 g/mol. The molecule has 0 spiro atoms. The molecule has 15 nitrogen and oxygen atoms in total. The number of aliphatic hydroxyl groups is 10. The van der Waals surface area contributed by atoms with Crippen LogP contribution in [0.3, 0.4) is 0 Å². The third-order valence-electron chi connectivity index (χ3n) is 6.05. The molecule has 0 saturated carbocycles. The summed E-state index contributed by atoms with van der Waals surface area (Å²) in [5.74, 6) is 0. The fraction of sp³-hybridized carbons (Fsp3) is 1.00. The Labute approximate surface area is 187 Å². The number of rotatable bonds is 6. The van der Waals surface area contributed by atoms with E-state index in [0.717, 1.165) is 0 Å². The smallest absolute Gasteiger partial charge is 0.187 e. The zero-order valence-electron chi connectivity index (χ0n) is 17.6. The van der Waals surface area contributed by atoms with Crippen LogP contribution in [0.4, 0.5) is 0 Å².